The maximum atomic E-state index is 13.2. The summed E-state index contributed by atoms with van der Waals surface area (Å²) in [5.41, 5.74) is -3.17. The molecule has 0 radical (unpaired) electrons. The molecule has 2 atom stereocenters. The van der Waals surface area contributed by atoms with Gasteiger partial charge in [-0.1, -0.05) is 30.3 Å². The molecule has 1 aromatic carbocycles. The predicted molar refractivity (Wildman–Crippen MR) is 79.5 cm³/mol. The van der Waals surface area contributed by atoms with Gasteiger partial charge in [0, 0.05) is 13.0 Å². The number of alkyl halides is 3. The molecule has 1 aromatic rings. The molecular formula is C15H18F3NO2S. The molecule has 122 valence electrons. The Kier molecular flexibility index (Phi) is 5.39. The summed E-state index contributed by atoms with van der Waals surface area (Å²) in [6, 6.07) is 6.95. The average Bonchev–Trinajstić information content (AvgIpc) is 3.01. The Morgan fingerprint density at radius 3 is 2.55 bits per heavy atom. The number of amides is 1. The van der Waals surface area contributed by atoms with E-state index in [9.17, 15) is 23.1 Å². The number of benzene rings is 1. The first-order valence-electron chi connectivity index (χ1n) is 7.08. The molecule has 1 aliphatic heterocycles. The van der Waals surface area contributed by atoms with Crippen molar-refractivity contribution in [3.63, 3.8) is 0 Å². The number of halogens is 3. The van der Waals surface area contributed by atoms with Crippen molar-refractivity contribution in [2.24, 2.45) is 0 Å². The van der Waals surface area contributed by atoms with Crippen LogP contribution in [0.15, 0.2) is 30.3 Å². The first kappa shape index (κ1) is 17.1. The highest BCUT2D eigenvalue weighted by molar-refractivity contribution is 8.00. The van der Waals surface area contributed by atoms with Gasteiger partial charge >= 0.3 is 6.18 Å². The smallest absolute Gasteiger partial charge is 0.376 e. The number of carbonyl (C=O) groups excluding carboxylic acids is 1. The van der Waals surface area contributed by atoms with Crippen LogP contribution >= 0.6 is 11.8 Å². The minimum absolute atomic E-state index is 0.185. The van der Waals surface area contributed by atoms with Crippen LogP contribution in [0.3, 0.4) is 0 Å². The Morgan fingerprint density at radius 2 is 2.00 bits per heavy atom. The van der Waals surface area contributed by atoms with Crippen molar-refractivity contribution in [2.75, 3.05) is 12.3 Å². The fourth-order valence-electron chi connectivity index (χ4n) is 2.43. The molecule has 22 heavy (non-hydrogen) atoms. The Bertz CT molecular complexity index is 503. The fourth-order valence-corrected chi connectivity index (χ4v) is 3.61. The summed E-state index contributed by atoms with van der Waals surface area (Å²) in [5, 5.41) is 12.4. The molecule has 1 aliphatic rings. The Balaban J connectivity index is 2.00. The Labute approximate surface area is 131 Å². The number of nitrogens with one attached hydrogen (secondary N) is 1. The number of rotatable bonds is 5. The van der Waals surface area contributed by atoms with Crippen molar-refractivity contribution in [3.8, 4) is 0 Å². The third-order valence-corrected chi connectivity index (χ3v) is 5.10. The molecule has 0 aliphatic carbocycles. The van der Waals surface area contributed by atoms with Gasteiger partial charge in [0.25, 0.3) is 0 Å². The van der Waals surface area contributed by atoms with Gasteiger partial charge < -0.3 is 10.4 Å². The third-order valence-electron chi connectivity index (χ3n) is 3.73. The van der Waals surface area contributed by atoms with E-state index in [-0.39, 0.29) is 23.3 Å². The van der Waals surface area contributed by atoms with Crippen LogP contribution in [0, 0.1) is 0 Å². The number of thioether (sulfide) groups is 1. The number of hydrogen-bond acceptors (Lipinski definition) is 3. The summed E-state index contributed by atoms with van der Waals surface area (Å²) in [4.78, 5) is 11.8. The van der Waals surface area contributed by atoms with E-state index in [0.29, 0.717) is 0 Å². The summed E-state index contributed by atoms with van der Waals surface area (Å²) in [6.07, 6.45) is -3.72. The molecule has 1 saturated heterocycles. The van der Waals surface area contributed by atoms with Crippen LogP contribution in [0.2, 0.25) is 0 Å². The van der Waals surface area contributed by atoms with Crippen LogP contribution in [0.25, 0.3) is 0 Å². The Morgan fingerprint density at radius 1 is 1.32 bits per heavy atom. The molecule has 3 nitrogen and oxygen atoms in total. The molecular weight excluding hydrogens is 315 g/mol. The summed E-state index contributed by atoms with van der Waals surface area (Å²) in [5.74, 6) is 0.647. The van der Waals surface area contributed by atoms with Gasteiger partial charge in [-0.15, -0.1) is 11.8 Å². The third kappa shape index (κ3) is 3.76. The zero-order valence-electron chi connectivity index (χ0n) is 11.9. The van der Waals surface area contributed by atoms with Gasteiger partial charge in [0.1, 0.15) is 0 Å². The fraction of sp³-hybridized carbons (Fsp3) is 0.533. The Hall–Kier alpha value is -1.21. The summed E-state index contributed by atoms with van der Waals surface area (Å²) in [6.45, 7) is -0.221. The highest BCUT2D eigenvalue weighted by Gasteiger charge is 2.54. The SMILES string of the molecule is O=C(NCCC(O)(c1ccccc1)C(F)(F)F)C1CCCS1. The first-order valence-corrected chi connectivity index (χ1v) is 8.13. The molecule has 7 heteroatoms. The van der Waals surface area contributed by atoms with Crippen LogP contribution in [0.4, 0.5) is 13.2 Å². The van der Waals surface area contributed by atoms with E-state index in [1.54, 1.807) is 6.07 Å². The quantitative estimate of drug-likeness (QED) is 0.871. The van der Waals surface area contributed by atoms with Crippen molar-refractivity contribution in [1.82, 2.24) is 5.32 Å². The van der Waals surface area contributed by atoms with E-state index in [1.807, 2.05) is 0 Å². The maximum Gasteiger partial charge on any atom is 0.421 e. The standard InChI is InChI=1S/C15H18F3NO2S/c16-15(17,18)14(21,11-5-2-1-3-6-11)8-9-19-13(20)12-7-4-10-22-12/h1-3,5-6,12,21H,4,7-10H2,(H,19,20). The zero-order valence-corrected chi connectivity index (χ0v) is 12.7. The molecule has 2 rings (SSSR count). The molecule has 0 aromatic heterocycles. The van der Waals surface area contributed by atoms with Crippen LogP contribution in [0.1, 0.15) is 24.8 Å². The van der Waals surface area contributed by atoms with Gasteiger partial charge in [-0.2, -0.15) is 13.2 Å². The van der Waals surface area contributed by atoms with E-state index >= 15 is 0 Å². The lowest BCUT2D eigenvalue weighted by Crippen LogP contribution is -2.45. The van der Waals surface area contributed by atoms with Crippen LogP contribution in [0.5, 0.6) is 0 Å². The zero-order chi connectivity index (χ0) is 16.2. The second-order valence-corrected chi connectivity index (χ2v) is 6.58. The van der Waals surface area contributed by atoms with Gasteiger partial charge in [0.05, 0.1) is 5.25 Å². The maximum absolute atomic E-state index is 13.2. The van der Waals surface area contributed by atoms with Gasteiger partial charge in [-0.3, -0.25) is 4.79 Å². The van der Waals surface area contributed by atoms with E-state index in [4.69, 9.17) is 0 Å². The lowest BCUT2D eigenvalue weighted by Gasteiger charge is -2.31. The minimum Gasteiger partial charge on any atom is -0.376 e. The topological polar surface area (TPSA) is 49.3 Å². The van der Waals surface area contributed by atoms with Crippen LogP contribution in [-0.4, -0.2) is 34.7 Å². The molecule has 1 amide bonds. The van der Waals surface area contributed by atoms with Gasteiger partial charge in [0.2, 0.25) is 5.91 Å². The van der Waals surface area contributed by atoms with Crippen molar-refractivity contribution < 1.29 is 23.1 Å². The highest BCUT2D eigenvalue weighted by Crippen LogP contribution is 2.41. The van der Waals surface area contributed by atoms with Crippen LogP contribution < -0.4 is 5.32 Å². The van der Waals surface area contributed by atoms with E-state index in [0.717, 1.165) is 18.6 Å². The molecule has 1 fully saturated rings. The van der Waals surface area contributed by atoms with Gasteiger partial charge in [-0.25, -0.2) is 0 Å². The first-order chi connectivity index (χ1) is 10.3. The normalized spacial score (nSPS) is 21.4. The monoisotopic (exact) mass is 333 g/mol. The molecule has 0 saturated carbocycles. The van der Waals surface area contributed by atoms with Gasteiger partial charge in [-0.05, 0) is 24.2 Å². The summed E-state index contributed by atoms with van der Waals surface area (Å²) < 4.78 is 39.7. The number of aliphatic hydroxyl groups is 1. The lowest BCUT2D eigenvalue weighted by atomic mass is 9.89. The molecule has 2 N–H and O–H groups in total. The average molecular weight is 333 g/mol. The van der Waals surface area contributed by atoms with Crippen LogP contribution in [-0.2, 0) is 10.4 Å². The number of hydrogen-bond donors (Lipinski definition) is 2. The van der Waals surface area contributed by atoms with E-state index < -0.39 is 18.2 Å². The lowest BCUT2D eigenvalue weighted by molar-refractivity contribution is -0.268. The summed E-state index contributed by atoms with van der Waals surface area (Å²) >= 11 is 1.51. The second-order valence-electron chi connectivity index (χ2n) is 5.27. The van der Waals surface area contributed by atoms with Crippen molar-refractivity contribution in [3.05, 3.63) is 35.9 Å². The molecule has 0 spiro atoms. The van der Waals surface area contributed by atoms with Crippen molar-refractivity contribution >= 4 is 17.7 Å². The van der Waals surface area contributed by atoms with Crippen molar-refractivity contribution in [2.45, 2.75) is 36.3 Å². The van der Waals surface area contributed by atoms with E-state index in [1.165, 1.54) is 36.0 Å². The minimum atomic E-state index is -4.80. The molecule has 2 unspecified atom stereocenters. The summed E-state index contributed by atoms with van der Waals surface area (Å²) in [7, 11) is 0. The number of carbonyl (C=O) groups is 1. The predicted octanol–water partition coefficient (Wildman–Crippen LogP) is 2.84. The molecule has 0 bridgehead atoms. The van der Waals surface area contributed by atoms with E-state index in [2.05, 4.69) is 5.32 Å². The highest BCUT2D eigenvalue weighted by atomic mass is 32.2. The molecule has 1 heterocycles. The van der Waals surface area contributed by atoms with Gasteiger partial charge in [0.15, 0.2) is 5.60 Å². The largest absolute Gasteiger partial charge is 0.421 e. The second kappa shape index (κ2) is 6.91. The van der Waals surface area contributed by atoms with Crippen molar-refractivity contribution in [1.29, 1.82) is 0 Å².